The van der Waals surface area contributed by atoms with E-state index in [0.717, 1.165) is 0 Å². The minimum Gasteiger partial charge on any atom is -0.383 e. The first-order chi connectivity index (χ1) is 9.06. The van der Waals surface area contributed by atoms with E-state index in [4.69, 9.17) is 4.74 Å². The van der Waals surface area contributed by atoms with Crippen molar-refractivity contribution in [3.8, 4) is 0 Å². The molecule has 0 unspecified atom stereocenters. The molecule has 2 rings (SSSR count). The van der Waals surface area contributed by atoms with Crippen molar-refractivity contribution in [2.24, 2.45) is 4.99 Å². The molecule has 0 aromatic heterocycles. The lowest BCUT2D eigenvalue weighted by molar-refractivity contribution is 0.208. The molecule has 5 nitrogen and oxygen atoms in total. The third kappa shape index (κ3) is 2.85. The van der Waals surface area contributed by atoms with Crippen LogP contribution >= 0.6 is 0 Å². The molecule has 0 saturated heterocycles. The molecule has 1 aliphatic rings. The van der Waals surface area contributed by atoms with Crippen molar-refractivity contribution in [1.29, 1.82) is 0 Å². The van der Waals surface area contributed by atoms with Gasteiger partial charge in [0.25, 0.3) is 10.0 Å². The van der Waals surface area contributed by atoms with Crippen LogP contribution in [0.1, 0.15) is 12.5 Å². The number of amidine groups is 1. The number of benzene rings is 1. The maximum atomic E-state index is 12.1. The highest BCUT2D eigenvalue weighted by Crippen LogP contribution is 2.29. The number of hydrogen-bond acceptors (Lipinski definition) is 4. The maximum absolute atomic E-state index is 12.1. The second kappa shape index (κ2) is 5.54. The van der Waals surface area contributed by atoms with Crippen LogP contribution in [0.15, 0.2) is 40.9 Å². The molecule has 0 radical (unpaired) electrons. The summed E-state index contributed by atoms with van der Waals surface area (Å²) in [5.74, 6) is 0.399. The molecule has 0 amide bonds. The monoisotopic (exact) mass is 280 g/mol. The Morgan fingerprint density at radius 2 is 1.95 bits per heavy atom. The van der Waals surface area contributed by atoms with Gasteiger partial charge in [0.2, 0.25) is 0 Å². The van der Waals surface area contributed by atoms with Crippen molar-refractivity contribution in [2.75, 3.05) is 20.3 Å². The molecule has 0 saturated carbocycles. The minimum atomic E-state index is -3.52. The van der Waals surface area contributed by atoms with Crippen LogP contribution in [0.5, 0.6) is 0 Å². The Morgan fingerprint density at radius 1 is 1.26 bits per heavy atom. The molecule has 0 atom stereocenters. The molecule has 0 aliphatic carbocycles. The van der Waals surface area contributed by atoms with Gasteiger partial charge in [-0.3, -0.25) is 9.71 Å². The molecular formula is C13H16N2O3S. The van der Waals surface area contributed by atoms with Gasteiger partial charge in [0.1, 0.15) is 10.7 Å². The van der Waals surface area contributed by atoms with Crippen molar-refractivity contribution < 1.29 is 13.2 Å². The summed E-state index contributed by atoms with van der Waals surface area (Å²) in [4.78, 5) is 4.50. The van der Waals surface area contributed by atoms with Crippen LogP contribution in [0.4, 0.5) is 0 Å². The number of methoxy groups -OCH3 is 1. The average Bonchev–Trinajstić information content (AvgIpc) is 2.61. The molecule has 19 heavy (non-hydrogen) atoms. The second-order valence-corrected chi connectivity index (χ2v) is 5.77. The van der Waals surface area contributed by atoms with E-state index < -0.39 is 10.0 Å². The molecule has 1 aliphatic heterocycles. The Hall–Kier alpha value is -1.66. The standard InChI is InChI=1S/C13H16N2O3S/c1-10-12(11-6-4-3-5-7-11)19(16,17)15-13(10)14-8-9-18-2/h3-7H,8-9H2,1-2H3,(H,14,15). The molecule has 1 aromatic carbocycles. The fourth-order valence-corrected chi connectivity index (χ4v) is 3.45. The first-order valence-electron chi connectivity index (χ1n) is 5.89. The zero-order valence-corrected chi connectivity index (χ0v) is 11.7. The minimum absolute atomic E-state index is 0.296. The third-order valence-electron chi connectivity index (χ3n) is 2.80. The highest BCUT2D eigenvalue weighted by Gasteiger charge is 2.32. The highest BCUT2D eigenvalue weighted by molar-refractivity contribution is 8.00. The smallest absolute Gasteiger partial charge is 0.264 e. The van der Waals surface area contributed by atoms with Gasteiger partial charge in [-0.25, -0.2) is 8.42 Å². The first kappa shape index (κ1) is 13.8. The average molecular weight is 280 g/mol. The highest BCUT2D eigenvalue weighted by atomic mass is 32.2. The summed E-state index contributed by atoms with van der Waals surface area (Å²) >= 11 is 0. The van der Waals surface area contributed by atoms with Crippen LogP contribution in [0.25, 0.3) is 4.91 Å². The molecule has 102 valence electrons. The SMILES string of the molecule is COCCN=C1NS(=O)(=O)C(c2ccccc2)=C1C. The van der Waals surface area contributed by atoms with E-state index >= 15 is 0 Å². The van der Waals surface area contributed by atoms with Crippen molar-refractivity contribution in [3.63, 3.8) is 0 Å². The number of sulfonamides is 1. The lowest BCUT2D eigenvalue weighted by Crippen LogP contribution is -2.24. The molecule has 1 N–H and O–H groups in total. The van der Waals surface area contributed by atoms with Crippen LogP contribution in [0.3, 0.4) is 0 Å². The fraction of sp³-hybridized carbons (Fsp3) is 0.308. The van der Waals surface area contributed by atoms with E-state index in [1.807, 2.05) is 18.2 Å². The van der Waals surface area contributed by atoms with E-state index in [1.54, 1.807) is 26.2 Å². The van der Waals surface area contributed by atoms with Crippen LogP contribution in [-0.2, 0) is 14.8 Å². The van der Waals surface area contributed by atoms with Gasteiger partial charge in [-0.15, -0.1) is 0 Å². The van der Waals surface area contributed by atoms with Crippen molar-refractivity contribution >= 4 is 20.8 Å². The predicted molar refractivity (Wildman–Crippen MR) is 75.3 cm³/mol. The Labute approximate surface area is 113 Å². The molecule has 0 fully saturated rings. The Balaban J connectivity index is 2.42. The van der Waals surface area contributed by atoms with Gasteiger partial charge in [-0.1, -0.05) is 30.3 Å². The van der Waals surface area contributed by atoms with E-state index in [9.17, 15) is 8.42 Å². The number of nitrogens with one attached hydrogen (secondary N) is 1. The van der Waals surface area contributed by atoms with Crippen LogP contribution in [0.2, 0.25) is 0 Å². The van der Waals surface area contributed by atoms with E-state index in [1.165, 1.54) is 0 Å². The van der Waals surface area contributed by atoms with E-state index in [-0.39, 0.29) is 0 Å². The van der Waals surface area contributed by atoms with Crippen LogP contribution < -0.4 is 4.72 Å². The summed E-state index contributed by atoms with van der Waals surface area (Å²) in [5.41, 5.74) is 1.31. The third-order valence-corrected chi connectivity index (χ3v) is 4.34. The van der Waals surface area contributed by atoms with E-state index in [0.29, 0.717) is 35.0 Å². The van der Waals surface area contributed by atoms with E-state index in [2.05, 4.69) is 9.71 Å². The summed E-state index contributed by atoms with van der Waals surface area (Å²) in [5, 5.41) is 0. The summed E-state index contributed by atoms with van der Waals surface area (Å²) in [6.45, 7) is 2.64. The second-order valence-electron chi connectivity index (χ2n) is 4.15. The van der Waals surface area contributed by atoms with Gasteiger partial charge >= 0.3 is 0 Å². The Bertz CT molecular complexity index is 619. The number of ether oxygens (including phenoxy) is 1. The topological polar surface area (TPSA) is 67.8 Å². The Morgan fingerprint density at radius 3 is 2.58 bits per heavy atom. The molecule has 1 aromatic rings. The zero-order chi connectivity index (χ0) is 13.9. The molecule has 0 spiro atoms. The van der Waals surface area contributed by atoms with Gasteiger partial charge in [0, 0.05) is 12.7 Å². The summed E-state index contributed by atoms with van der Waals surface area (Å²) in [6, 6.07) is 9.02. The van der Waals surface area contributed by atoms with Crippen molar-refractivity contribution in [3.05, 3.63) is 41.5 Å². The van der Waals surface area contributed by atoms with Gasteiger partial charge in [0.15, 0.2) is 0 Å². The van der Waals surface area contributed by atoms with Crippen molar-refractivity contribution in [1.82, 2.24) is 4.72 Å². The van der Waals surface area contributed by atoms with Crippen molar-refractivity contribution in [2.45, 2.75) is 6.92 Å². The van der Waals surface area contributed by atoms with Gasteiger partial charge in [0.05, 0.1) is 13.2 Å². The van der Waals surface area contributed by atoms with Gasteiger partial charge < -0.3 is 4.74 Å². The summed E-state index contributed by atoms with van der Waals surface area (Å²) in [7, 11) is -1.94. The molecular weight excluding hydrogens is 264 g/mol. The number of aliphatic imine (C=N–C) groups is 1. The quantitative estimate of drug-likeness (QED) is 0.848. The lowest BCUT2D eigenvalue weighted by atomic mass is 10.1. The molecule has 6 heteroatoms. The Kier molecular flexibility index (Phi) is 4.01. The summed E-state index contributed by atoms with van der Waals surface area (Å²) < 4.78 is 31.6. The van der Waals surface area contributed by atoms with Gasteiger partial charge in [-0.05, 0) is 12.5 Å². The zero-order valence-electron chi connectivity index (χ0n) is 10.9. The predicted octanol–water partition coefficient (Wildman–Crippen LogP) is 1.40. The van der Waals surface area contributed by atoms with Crippen LogP contribution in [-0.4, -0.2) is 34.5 Å². The largest absolute Gasteiger partial charge is 0.383 e. The summed E-state index contributed by atoms with van der Waals surface area (Å²) in [6.07, 6.45) is 0. The van der Waals surface area contributed by atoms with Gasteiger partial charge in [-0.2, -0.15) is 0 Å². The normalized spacial score (nSPS) is 19.8. The number of nitrogens with zero attached hydrogens (tertiary/aromatic N) is 1. The lowest BCUT2D eigenvalue weighted by Gasteiger charge is -2.02. The molecule has 1 heterocycles. The first-order valence-corrected chi connectivity index (χ1v) is 7.37. The number of rotatable bonds is 4. The maximum Gasteiger partial charge on any atom is 0.264 e. The fourth-order valence-electron chi connectivity index (χ4n) is 1.92. The number of hydrogen-bond donors (Lipinski definition) is 1. The van der Waals surface area contributed by atoms with Crippen LogP contribution in [0, 0.1) is 0 Å². The molecule has 0 bridgehead atoms.